The molecule has 8 nitrogen and oxygen atoms in total. The molecule has 2 aromatic heterocycles. The molecule has 0 saturated carbocycles. The number of rotatable bonds is 3. The normalized spacial score (nSPS) is 15.7. The number of nitrogens with zero attached hydrogens (tertiary/aromatic N) is 5. The number of pyridine rings is 1. The summed E-state index contributed by atoms with van der Waals surface area (Å²) in [5.41, 5.74) is 4.74. The highest BCUT2D eigenvalue weighted by Gasteiger charge is 2.29. The lowest BCUT2D eigenvalue weighted by atomic mass is 10.0. The predicted octanol–water partition coefficient (Wildman–Crippen LogP) is 1.97. The van der Waals surface area contributed by atoms with Crippen molar-refractivity contribution in [2.24, 2.45) is 7.05 Å². The highest BCUT2D eigenvalue weighted by molar-refractivity contribution is 7.88. The predicted molar refractivity (Wildman–Crippen MR) is 116 cm³/mol. The molecule has 158 valence electrons. The van der Waals surface area contributed by atoms with Gasteiger partial charge in [0.25, 0.3) is 5.91 Å². The van der Waals surface area contributed by atoms with Crippen LogP contribution in [0, 0.1) is 13.8 Å². The average molecular weight is 428 g/mol. The summed E-state index contributed by atoms with van der Waals surface area (Å²) in [4.78, 5) is 19.9. The van der Waals surface area contributed by atoms with Crippen molar-refractivity contribution in [1.29, 1.82) is 0 Å². The van der Waals surface area contributed by atoms with Gasteiger partial charge < -0.3 is 4.90 Å². The lowest BCUT2D eigenvalue weighted by molar-refractivity contribution is 0.0700. The van der Waals surface area contributed by atoms with Crippen molar-refractivity contribution in [3.63, 3.8) is 0 Å². The molecule has 1 saturated heterocycles. The first-order valence-electron chi connectivity index (χ1n) is 9.81. The van der Waals surface area contributed by atoms with Crippen LogP contribution in [-0.4, -0.2) is 70.7 Å². The Morgan fingerprint density at radius 3 is 2.27 bits per heavy atom. The minimum Gasteiger partial charge on any atom is -0.336 e. The molecule has 0 aliphatic carbocycles. The van der Waals surface area contributed by atoms with E-state index in [2.05, 4.69) is 5.10 Å². The fourth-order valence-electron chi connectivity index (χ4n) is 3.88. The van der Waals surface area contributed by atoms with Crippen LogP contribution in [0.4, 0.5) is 0 Å². The van der Waals surface area contributed by atoms with Crippen LogP contribution in [0.2, 0.25) is 0 Å². The number of hydrogen-bond donors (Lipinski definition) is 0. The fraction of sp³-hybridized carbons (Fsp3) is 0.381. The summed E-state index contributed by atoms with van der Waals surface area (Å²) < 4.78 is 26.7. The zero-order valence-corrected chi connectivity index (χ0v) is 18.4. The Morgan fingerprint density at radius 2 is 1.67 bits per heavy atom. The van der Waals surface area contributed by atoms with Crippen LogP contribution in [0.1, 0.15) is 21.6 Å². The SMILES string of the molecule is Cc1ccc(-c2cc(C(=O)N3CCN(S(C)(=O)=O)CC3)c3c(C)nn(C)c3n2)cc1. The van der Waals surface area contributed by atoms with E-state index in [4.69, 9.17) is 4.98 Å². The molecule has 0 bridgehead atoms. The third kappa shape index (κ3) is 3.70. The molecule has 1 aliphatic rings. The molecule has 0 atom stereocenters. The summed E-state index contributed by atoms with van der Waals surface area (Å²) >= 11 is 0. The van der Waals surface area contributed by atoms with Gasteiger partial charge in [-0.1, -0.05) is 29.8 Å². The number of sulfonamides is 1. The van der Waals surface area contributed by atoms with Gasteiger partial charge in [0.05, 0.1) is 28.6 Å². The summed E-state index contributed by atoms with van der Waals surface area (Å²) in [6, 6.07) is 9.84. The quantitative estimate of drug-likeness (QED) is 0.638. The van der Waals surface area contributed by atoms with Gasteiger partial charge in [0, 0.05) is 38.8 Å². The maximum Gasteiger partial charge on any atom is 0.254 e. The van der Waals surface area contributed by atoms with Gasteiger partial charge >= 0.3 is 0 Å². The number of amides is 1. The third-order valence-electron chi connectivity index (χ3n) is 5.54. The Balaban J connectivity index is 1.76. The minimum atomic E-state index is -3.25. The number of piperazine rings is 1. The van der Waals surface area contributed by atoms with E-state index in [0.29, 0.717) is 43.1 Å². The molecule has 0 N–H and O–H groups in total. The molecule has 30 heavy (non-hydrogen) atoms. The Morgan fingerprint density at radius 1 is 1.03 bits per heavy atom. The van der Waals surface area contributed by atoms with E-state index in [1.54, 1.807) is 9.58 Å². The molecule has 4 rings (SSSR count). The van der Waals surface area contributed by atoms with Crippen LogP contribution in [0.5, 0.6) is 0 Å². The standard InChI is InChI=1S/C21H25N5O3S/c1-14-5-7-16(8-6-14)18-13-17(19-15(2)23-24(3)20(19)22-18)21(27)25-9-11-26(12-10-25)30(4,28)29/h5-8,13H,9-12H2,1-4H3. The molecule has 3 heterocycles. The number of fused-ring (bicyclic) bond motifs is 1. The van der Waals surface area contributed by atoms with Crippen molar-refractivity contribution >= 4 is 27.0 Å². The van der Waals surface area contributed by atoms with E-state index in [1.807, 2.05) is 51.2 Å². The smallest absolute Gasteiger partial charge is 0.254 e. The second-order valence-corrected chi connectivity index (χ2v) is 9.77. The Bertz CT molecular complexity index is 1220. The zero-order chi connectivity index (χ0) is 21.6. The van der Waals surface area contributed by atoms with E-state index in [0.717, 1.165) is 22.2 Å². The van der Waals surface area contributed by atoms with Gasteiger partial charge in [-0.15, -0.1) is 0 Å². The van der Waals surface area contributed by atoms with Crippen molar-refractivity contribution < 1.29 is 13.2 Å². The van der Waals surface area contributed by atoms with Gasteiger partial charge in [-0.2, -0.15) is 9.40 Å². The van der Waals surface area contributed by atoms with Crippen LogP contribution < -0.4 is 0 Å². The molecule has 1 aromatic carbocycles. The topological polar surface area (TPSA) is 88.4 Å². The first kappa shape index (κ1) is 20.5. The van der Waals surface area contributed by atoms with Crippen molar-refractivity contribution in [3.05, 3.63) is 47.2 Å². The lowest BCUT2D eigenvalue weighted by Gasteiger charge is -2.33. The summed E-state index contributed by atoms with van der Waals surface area (Å²) in [5.74, 6) is -0.125. The highest BCUT2D eigenvalue weighted by atomic mass is 32.2. The van der Waals surface area contributed by atoms with Crippen molar-refractivity contribution in [1.82, 2.24) is 24.0 Å². The third-order valence-corrected chi connectivity index (χ3v) is 6.84. The number of aromatic nitrogens is 3. The maximum absolute atomic E-state index is 13.5. The van der Waals surface area contributed by atoms with E-state index in [-0.39, 0.29) is 5.91 Å². The van der Waals surface area contributed by atoms with Gasteiger partial charge in [0.2, 0.25) is 10.0 Å². The molecule has 1 aliphatic heterocycles. The summed E-state index contributed by atoms with van der Waals surface area (Å²) in [6.07, 6.45) is 1.20. The number of carbonyl (C=O) groups is 1. The van der Waals surface area contributed by atoms with E-state index in [9.17, 15) is 13.2 Å². The van der Waals surface area contributed by atoms with Crippen LogP contribution in [0.15, 0.2) is 30.3 Å². The van der Waals surface area contributed by atoms with E-state index in [1.165, 1.54) is 10.6 Å². The second kappa shape index (κ2) is 7.48. The molecule has 1 fully saturated rings. The highest BCUT2D eigenvalue weighted by Crippen LogP contribution is 2.28. The van der Waals surface area contributed by atoms with Gasteiger partial charge in [-0.25, -0.2) is 13.4 Å². The van der Waals surface area contributed by atoms with Crippen molar-refractivity contribution in [2.45, 2.75) is 13.8 Å². The van der Waals surface area contributed by atoms with Crippen LogP contribution >= 0.6 is 0 Å². The molecule has 3 aromatic rings. The zero-order valence-electron chi connectivity index (χ0n) is 17.6. The van der Waals surface area contributed by atoms with Crippen LogP contribution in [0.25, 0.3) is 22.3 Å². The first-order valence-corrected chi connectivity index (χ1v) is 11.7. The Kier molecular flexibility index (Phi) is 5.11. The number of hydrogen-bond acceptors (Lipinski definition) is 5. The summed E-state index contributed by atoms with van der Waals surface area (Å²) in [6.45, 7) is 5.21. The van der Waals surface area contributed by atoms with Gasteiger partial charge in [-0.3, -0.25) is 9.48 Å². The number of carbonyl (C=O) groups excluding carboxylic acids is 1. The van der Waals surface area contributed by atoms with Gasteiger partial charge in [0.1, 0.15) is 0 Å². The molecule has 0 spiro atoms. The molecule has 1 amide bonds. The first-order chi connectivity index (χ1) is 14.1. The van der Waals surface area contributed by atoms with Crippen LogP contribution in [-0.2, 0) is 17.1 Å². The molecular weight excluding hydrogens is 402 g/mol. The fourth-order valence-corrected chi connectivity index (χ4v) is 4.71. The van der Waals surface area contributed by atoms with E-state index < -0.39 is 10.0 Å². The molecule has 0 unspecified atom stereocenters. The van der Waals surface area contributed by atoms with Gasteiger partial charge in [-0.05, 0) is 19.9 Å². The Hall–Kier alpha value is -2.78. The monoisotopic (exact) mass is 427 g/mol. The van der Waals surface area contributed by atoms with Crippen molar-refractivity contribution in [3.8, 4) is 11.3 Å². The summed E-state index contributed by atoms with van der Waals surface area (Å²) in [5, 5.41) is 5.21. The average Bonchev–Trinajstić information content (AvgIpc) is 3.00. The number of aryl methyl sites for hydroxylation is 3. The Labute approximate surface area is 176 Å². The van der Waals surface area contributed by atoms with Crippen LogP contribution in [0.3, 0.4) is 0 Å². The molecule has 0 radical (unpaired) electrons. The largest absolute Gasteiger partial charge is 0.336 e. The second-order valence-electron chi connectivity index (χ2n) is 7.78. The van der Waals surface area contributed by atoms with E-state index >= 15 is 0 Å². The lowest BCUT2D eigenvalue weighted by Crippen LogP contribution is -2.50. The molecular formula is C21H25N5O3S. The summed E-state index contributed by atoms with van der Waals surface area (Å²) in [7, 11) is -1.43. The number of benzene rings is 1. The minimum absolute atomic E-state index is 0.125. The van der Waals surface area contributed by atoms with Crippen molar-refractivity contribution in [2.75, 3.05) is 32.4 Å². The molecule has 9 heteroatoms. The maximum atomic E-state index is 13.5. The van der Waals surface area contributed by atoms with Gasteiger partial charge in [0.15, 0.2) is 5.65 Å².